The predicted molar refractivity (Wildman–Crippen MR) is 166 cm³/mol. The van der Waals surface area contributed by atoms with Crippen molar-refractivity contribution in [2.24, 2.45) is 0 Å². The van der Waals surface area contributed by atoms with Gasteiger partial charge in [0.25, 0.3) is 0 Å². The molecule has 7 rings (SSSR count). The number of hydrogen-bond acceptors (Lipinski definition) is 11. The third-order valence-electron chi connectivity index (χ3n) is 8.10. The number of fused-ring (bicyclic) bond motifs is 2. The van der Waals surface area contributed by atoms with Gasteiger partial charge in [-0.2, -0.15) is 10.2 Å². The van der Waals surface area contributed by atoms with Gasteiger partial charge in [0, 0.05) is 38.9 Å². The third-order valence-corrected chi connectivity index (χ3v) is 9.10. The molecule has 0 saturated carbocycles. The monoisotopic (exact) mass is 609 g/mol. The lowest BCUT2D eigenvalue weighted by Gasteiger charge is -2.35. The molecular formula is C32H31N7O4S. The number of rotatable bonds is 9. The fourth-order valence-corrected chi connectivity index (χ4v) is 6.53. The van der Waals surface area contributed by atoms with Gasteiger partial charge in [-0.05, 0) is 48.9 Å². The van der Waals surface area contributed by atoms with Gasteiger partial charge in [0.1, 0.15) is 23.3 Å². The first-order valence-electron chi connectivity index (χ1n) is 14.6. The van der Waals surface area contributed by atoms with Crippen molar-refractivity contribution in [3.8, 4) is 11.9 Å². The molecule has 224 valence electrons. The Kier molecular flexibility index (Phi) is 7.82. The van der Waals surface area contributed by atoms with Gasteiger partial charge in [0.2, 0.25) is 5.88 Å². The maximum atomic E-state index is 12.2. The molecule has 44 heavy (non-hydrogen) atoms. The Morgan fingerprint density at radius 3 is 2.68 bits per heavy atom. The largest absolute Gasteiger partial charge is 0.470 e. The highest BCUT2D eigenvalue weighted by atomic mass is 32.1. The van der Waals surface area contributed by atoms with E-state index in [2.05, 4.69) is 25.4 Å². The van der Waals surface area contributed by atoms with Crippen LogP contribution >= 0.6 is 11.3 Å². The van der Waals surface area contributed by atoms with Crippen LogP contribution in [0.1, 0.15) is 33.2 Å². The Morgan fingerprint density at radius 2 is 1.91 bits per heavy atom. The van der Waals surface area contributed by atoms with E-state index in [1.807, 2.05) is 42.5 Å². The van der Waals surface area contributed by atoms with Crippen LogP contribution in [-0.2, 0) is 29.2 Å². The third kappa shape index (κ3) is 5.81. The van der Waals surface area contributed by atoms with Gasteiger partial charge in [-0.3, -0.25) is 4.90 Å². The fourth-order valence-electron chi connectivity index (χ4n) is 5.61. The van der Waals surface area contributed by atoms with Crippen molar-refractivity contribution >= 4 is 44.4 Å². The van der Waals surface area contributed by atoms with Crippen LogP contribution in [0, 0.1) is 11.3 Å². The molecule has 2 saturated heterocycles. The quantitative estimate of drug-likeness (QED) is 0.223. The number of thiazole rings is 1. The van der Waals surface area contributed by atoms with E-state index in [1.54, 1.807) is 12.1 Å². The number of hydrogen-bond donors (Lipinski definition) is 0. The molecule has 0 aliphatic carbocycles. The first-order valence-corrected chi connectivity index (χ1v) is 15.4. The molecule has 2 aliphatic heterocycles. The van der Waals surface area contributed by atoms with Crippen LogP contribution in [0.25, 0.3) is 21.3 Å². The highest BCUT2D eigenvalue weighted by Crippen LogP contribution is 2.26. The zero-order chi connectivity index (χ0) is 30.0. The standard InChI is InChI=1S/C32H31N7O4S/c1-41-32(40)22-6-8-24-26(16-22)39(18-23-9-14-42-23)29(34-24)19-37-10-12-38(13-11-37)28-3-2-4-30(36-28)43-20-31-35-25-7-5-21(17-33)15-27(25)44-31/h2-8,15-16,23H,9-14,18-20H2,1H3/t23-/m0/s1. The molecule has 12 heteroatoms. The Morgan fingerprint density at radius 1 is 1.07 bits per heavy atom. The summed E-state index contributed by atoms with van der Waals surface area (Å²) in [6.07, 6.45) is 1.19. The number of benzene rings is 2. The molecule has 2 fully saturated rings. The minimum atomic E-state index is -0.354. The first-order chi connectivity index (χ1) is 21.6. The highest BCUT2D eigenvalue weighted by Gasteiger charge is 2.25. The van der Waals surface area contributed by atoms with Gasteiger partial charge in [-0.1, -0.05) is 6.07 Å². The van der Waals surface area contributed by atoms with E-state index in [9.17, 15) is 4.79 Å². The topological polar surface area (TPSA) is 119 Å². The molecule has 0 spiro atoms. The summed E-state index contributed by atoms with van der Waals surface area (Å²) in [6.45, 7) is 5.90. The number of nitrogens with zero attached hydrogens (tertiary/aromatic N) is 7. The van der Waals surface area contributed by atoms with Gasteiger partial charge < -0.3 is 23.7 Å². The number of nitriles is 1. The van der Waals surface area contributed by atoms with Crippen molar-refractivity contribution < 1.29 is 19.0 Å². The van der Waals surface area contributed by atoms with Crippen molar-refractivity contribution in [1.29, 1.82) is 5.26 Å². The fraction of sp³-hybridized carbons (Fsp3) is 0.344. The number of esters is 1. The van der Waals surface area contributed by atoms with Crippen LogP contribution in [0.15, 0.2) is 54.6 Å². The number of piperazine rings is 1. The second-order valence-electron chi connectivity index (χ2n) is 10.9. The molecule has 3 aromatic heterocycles. The summed E-state index contributed by atoms with van der Waals surface area (Å²) in [5.41, 5.74) is 3.80. The number of methoxy groups -OCH3 is 1. The van der Waals surface area contributed by atoms with Crippen LogP contribution in [0.3, 0.4) is 0 Å². The minimum absolute atomic E-state index is 0.163. The van der Waals surface area contributed by atoms with Gasteiger partial charge in [-0.25, -0.2) is 14.8 Å². The van der Waals surface area contributed by atoms with E-state index in [-0.39, 0.29) is 12.1 Å². The molecule has 5 heterocycles. The second kappa shape index (κ2) is 12.2. The zero-order valence-corrected chi connectivity index (χ0v) is 25.1. The normalized spacial score (nSPS) is 17.0. The summed E-state index contributed by atoms with van der Waals surface area (Å²) >= 11 is 1.53. The molecular weight excluding hydrogens is 578 g/mol. The number of imidazole rings is 1. The number of anilines is 1. The number of aromatic nitrogens is 4. The average Bonchev–Trinajstić information content (AvgIpc) is 3.61. The molecule has 11 nitrogen and oxygen atoms in total. The van der Waals surface area contributed by atoms with Crippen molar-refractivity contribution in [2.75, 3.05) is 44.8 Å². The molecule has 0 bridgehead atoms. The van der Waals surface area contributed by atoms with Crippen LogP contribution < -0.4 is 9.64 Å². The Labute approximate surface area is 258 Å². The highest BCUT2D eigenvalue weighted by molar-refractivity contribution is 7.18. The van der Waals surface area contributed by atoms with E-state index in [4.69, 9.17) is 29.4 Å². The number of pyridine rings is 1. The van der Waals surface area contributed by atoms with E-state index in [0.717, 1.165) is 77.1 Å². The molecule has 0 N–H and O–H groups in total. The smallest absolute Gasteiger partial charge is 0.337 e. The second-order valence-corrected chi connectivity index (χ2v) is 12.0. The van der Waals surface area contributed by atoms with E-state index in [0.29, 0.717) is 36.7 Å². The summed E-state index contributed by atoms with van der Waals surface area (Å²) < 4.78 is 19.9. The lowest BCUT2D eigenvalue weighted by molar-refractivity contribution is -0.0592. The lowest BCUT2D eigenvalue weighted by Crippen LogP contribution is -2.46. The van der Waals surface area contributed by atoms with Gasteiger partial charge >= 0.3 is 5.97 Å². The SMILES string of the molecule is COC(=O)c1ccc2nc(CN3CCN(c4cccc(OCc5nc6ccc(C#N)cc6s5)n4)CC3)n(C[C@@H]3CCO3)c2c1. The van der Waals surface area contributed by atoms with Crippen LogP contribution in [0.2, 0.25) is 0 Å². The number of ether oxygens (including phenoxy) is 3. The van der Waals surface area contributed by atoms with Crippen molar-refractivity contribution in [3.05, 3.63) is 76.6 Å². The summed E-state index contributed by atoms with van der Waals surface area (Å²) in [5.74, 6) is 2.06. The summed E-state index contributed by atoms with van der Waals surface area (Å²) in [6, 6.07) is 19.0. The molecule has 2 aromatic carbocycles. The van der Waals surface area contributed by atoms with Crippen molar-refractivity contribution in [3.63, 3.8) is 0 Å². The predicted octanol–water partition coefficient (Wildman–Crippen LogP) is 4.39. The van der Waals surface area contributed by atoms with E-state index < -0.39 is 0 Å². The first kappa shape index (κ1) is 28.2. The Bertz CT molecular complexity index is 1870. The van der Waals surface area contributed by atoms with Crippen molar-refractivity contribution in [1.82, 2.24) is 24.4 Å². The molecule has 2 aliphatic rings. The minimum Gasteiger partial charge on any atom is -0.470 e. The van der Waals surface area contributed by atoms with E-state index >= 15 is 0 Å². The van der Waals surface area contributed by atoms with E-state index in [1.165, 1.54) is 18.4 Å². The van der Waals surface area contributed by atoms with Crippen LogP contribution in [-0.4, -0.2) is 76.4 Å². The molecule has 0 unspecified atom stereocenters. The zero-order valence-electron chi connectivity index (χ0n) is 24.3. The average molecular weight is 610 g/mol. The molecule has 1 atom stereocenters. The molecule has 0 radical (unpaired) electrons. The summed E-state index contributed by atoms with van der Waals surface area (Å²) in [7, 11) is 1.40. The maximum Gasteiger partial charge on any atom is 0.337 e. The number of carbonyl (C=O) groups is 1. The van der Waals surface area contributed by atoms with Crippen LogP contribution in [0.4, 0.5) is 5.82 Å². The van der Waals surface area contributed by atoms with Crippen LogP contribution in [0.5, 0.6) is 5.88 Å². The molecule has 0 amide bonds. The summed E-state index contributed by atoms with van der Waals surface area (Å²) in [4.78, 5) is 31.2. The Balaban J connectivity index is 0.998. The number of carbonyl (C=O) groups excluding carboxylic acids is 1. The van der Waals surface area contributed by atoms with Gasteiger partial charge in [-0.15, -0.1) is 11.3 Å². The van der Waals surface area contributed by atoms with Gasteiger partial charge in [0.05, 0.1) is 64.7 Å². The lowest BCUT2D eigenvalue weighted by atomic mass is 10.1. The summed E-state index contributed by atoms with van der Waals surface area (Å²) in [5, 5.41) is 9.99. The maximum absolute atomic E-state index is 12.2. The molecule has 5 aromatic rings. The van der Waals surface area contributed by atoms with Crippen molar-refractivity contribution in [2.45, 2.75) is 32.2 Å². The van der Waals surface area contributed by atoms with Gasteiger partial charge in [0.15, 0.2) is 0 Å². The Hall–Kier alpha value is -4.57.